The van der Waals surface area contributed by atoms with E-state index in [0.717, 1.165) is 5.69 Å². The summed E-state index contributed by atoms with van der Waals surface area (Å²) in [5.41, 5.74) is 21.7. The fourth-order valence-corrected chi connectivity index (χ4v) is 10.3. The molecule has 0 aliphatic rings. The molecule has 0 spiro atoms. The summed E-state index contributed by atoms with van der Waals surface area (Å²) < 4.78 is 4.78. The van der Waals surface area contributed by atoms with Crippen LogP contribution in [0.3, 0.4) is 0 Å². The molecular weight excluding hydrogens is 821 g/mol. The summed E-state index contributed by atoms with van der Waals surface area (Å²) in [7, 11) is 0. The van der Waals surface area contributed by atoms with Crippen molar-refractivity contribution in [3.05, 3.63) is 267 Å². The molecule has 318 valence electrons. The summed E-state index contributed by atoms with van der Waals surface area (Å²) in [4.78, 5) is 0. The highest BCUT2D eigenvalue weighted by Crippen LogP contribution is 2.39. The molecule has 0 fully saturated rings. The third-order valence-electron chi connectivity index (χ3n) is 13.8. The SMILES string of the molecule is c1ccc(-c2cccc(-c3cccc(-c4ccc(-c5ccc(-c6ccc(-n7c8ccccc8c8cc(-c9ccc%10c(c9)c9ccccc9n%10-c9ccccc9)ccc87)cc6)cc5)cc4)c3)c2)cc1. The summed E-state index contributed by atoms with van der Waals surface area (Å²) in [6, 6.07) is 97.2. The van der Waals surface area contributed by atoms with Gasteiger partial charge in [-0.3, -0.25) is 0 Å². The Hall–Kier alpha value is -8.98. The van der Waals surface area contributed by atoms with E-state index in [0.29, 0.717) is 0 Å². The van der Waals surface area contributed by atoms with Gasteiger partial charge in [-0.1, -0.05) is 194 Å². The van der Waals surface area contributed by atoms with Crippen molar-refractivity contribution < 1.29 is 0 Å². The Kier molecular flexibility index (Phi) is 9.54. The number of para-hydroxylation sites is 3. The van der Waals surface area contributed by atoms with E-state index in [9.17, 15) is 0 Å². The van der Waals surface area contributed by atoms with Gasteiger partial charge in [0.2, 0.25) is 0 Å². The second kappa shape index (κ2) is 16.5. The number of aromatic nitrogens is 2. The van der Waals surface area contributed by atoms with E-state index < -0.39 is 0 Å². The van der Waals surface area contributed by atoms with Crippen molar-refractivity contribution in [3.63, 3.8) is 0 Å². The Labute approximate surface area is 395 Å². The number of hydrogen-bond acceptors (Lipinski definition) is 0. The van der Waals surface area contributed by atoms with E-state index in [2.05, 4.69) is 276 Å². The number of nitrogens with zero attached hydrogens (tertiary/aromatic N) is 2. The van der Waals surface area contributed by atoms with Crippen molar-refractivity contribution in [2.24, 2.45) is 0 Å². The van der Waals surface area contributed by atoms with E-state index >= 15 is 0 Å². The molecule has 2 nitrogen and oxygen atoms in total. The lowest BCUT2D eigenvalue weighted by Crippen LogP contribution is -1.94. The monoisotopic (exact) mass is 864 g/mol. The van der Waals surface area contributed by atoms with Crippen LogP contribution in [0.5, 0.6) is 0 Å². The Morgan fingerprint density at radius 3 is 0.897 bits per heavy atom. The topological polar surface area (TPSA) is 9.86 Å². The van der Waals surface area contributed by atoms with Crippen LogP contribution in [0, 0.1) is 0 Å². The van der Waals surface area contributed by atoms with Crippen LogP contribution < -0.4 is 0 Å². The van der Waals surface area contributed by atoms with Crippen molar-refractivity contribution in [2.45, 2.75) is 0 Å². The maximum atomic E-state index is 2.40. The minimum atomic E-state index is 1.14. The number of rotatable bonds is 8. The second-order valence-electron chi connectivity index (χ2n) is 17.7. The molecule has 13 rings (SSSR count). The zero-order valence-electron chi connectivity index (χ0n) is 37.3. The Morgan fingerprint density at radius 2 is 0.441 bits per heavy atom. The largest absolute Gasteiger partial charge is 0.309 e. The molecule has 0 amide bonds. The molecule has 13 aromatic rings. The summed E-state index contributed by atoms with van der Waals surface area (Å²) in [6.45, 7) is 0. The first-order valence-corrected chi connectivity index (χ1v) is 23.4. The molecule has 0 aliphatic carbocycles. The molecule has 2 heteroatoms. The van der Waals surface area contributed by atoms with E-state index in [4.69, 9.17) is 0 Å². The number of hydrogen-bond donors (Lipinski definition) is 0. The minimum Gasteiger partial charge on any atom is -0.309 e. The highest BCUT2D eigenvalue weighted by Gasteiger charge is 2.16. The molecular formula is C66H44N2. The van der Waals surface area contributed by atoms with Crippen LogP contribution in [0.4, 0.5) is 0 Å². The van der Waals surface area contributed by atoms with Crippen molar-refractivity contribution in [3.8, 4) is 78.1 Å². The van der Waals surface area contributed by atoms with Crippen LogP contribution in [0.15, 0.2) is 267 Å². The fourth-order valence-electron chi connectivity index (χ4n) is 10.3. The zero-order valence-corrected chi connectivity index (χ0v) is 37.3. The molecule has 0 saturated carbocycles. The Morgan fingerprint density at radius 1 is 0.162 bits per heavy atom. The van der Waals surface area contributed by atoms with E-state index in [1.165, 1.54) is 116 Å². The number of fused-ring (bicyclic) bond motifs is 6. The Bertz CT molecular complexity index is 3970. The van der Waals surface area contributed by atoms with Gasteiger partial charge in [0.05, 0.1) is 22.1 Å². The standard InChI is InChI=1S/C66H44N2/c1-3-13-45(14-4-1)51-15-11-17-53(41-51)54-18-12-16-52(42-54)50-31-29-47(30-32-50)46-25-27-48(28-26-46)49-33-37-58(38-34-49)68-64-24-10-8-22-60(64)62-44-56(36-40-66(62)68)55-35-39-65-61(43-55)59-21-7-9-23-63(59)67(65)57-19-5-2-6-20-57/h1-44H. The van der Waals surface area contributed by atoms with Crippen LogP contribution in [-0.2, 0) is 0 Å². The van der Waals surface area contributed by atoms with E-state index in [-0.39, 0.29) is 0 Å². The molecule has 0 unspecified atom stereocenters. The van der Waals surface area contributed by atoms with Gasteiger partial charge in [-0.25, -0.2) is 0 Å². The number of benzene rings is 11. The molecule has 0 N–H and O–H groups in total. The molecule has 2 heterocycles. The molecule has 0 aliphatic heterocycles. The highest BCUT2D eigenvalue weighted by molar-refractivity contribution is 6.12. The maximum Gasteiger partial charge on any atom is 0.0541 e. The lowest BCUT2D eigenvalue weighted by molar-refractivity contribution is 1.18. The predicted octanol–water partition coefficient (Wildman–Crippen LogP) is 17.9. The van der Waals surface area contributed by atoms with Crippen molar-refractivity contribution in [1.29, 1.82) is 0 Å². The maximum absolute atomic E-state index is 2.40. The molecule has 68 heavy (non-hydrogen) atoms. The first kappa shape index (κ1) is 39.4. The van der Waals surface area contributed by atoms with E-state index in [1.807, 2.05) is 0 Å². The van der Waals surface area contributed by atoms with Crippen LogP contribution in [0.1, 0.15) is 0 Å². The fraction of sp³-hybridized carbons (Fsp3) is 0. The molecule has 0 saturated heterocycles. The first-order chi connectivity index (χ1) is 33.7. The van der Waals surface area contributed by atoms with Crippen LogP contribution >= 0.6 is 0 Å². The van der Waals surface area contributed by atoms with Crippen molar-refractivity contribution in [2.75, 3.05) is 0 Å². The van der Waals surface area contributed by atoms with Gasteiger partial charge in [0.1, 0.15) is 0 Å². The van der Waals surface area contributed by atoms with Gasteiger partial charge in [0.15, 0.2) is 0 Å². The van der Waals surface area contributed by atoms with Gasteiger partial charge in [-0.05, 0) is 140 Å². The van der Waals surface area contributed by atoms with Gasteiger partial charge in [0.25, 0.3) is 0 Å². The van der Waals surface area contributed by atoms with Gasteiger partial charge < -0.3 is 9.13 Å². The van der Waals surface area contributed by atoms with Crippen LogP contribution in [-0.4, -0.2) is 9.13 Å². The zero-order chi connectivity index (χ0) is 45.0. The van der Waals surface area contributed by atoms with Gasteiger partial charge in [-0.15, -0.1) is 0 Å². The summed E-state index contributed by atoms with van der Waals surface area (Å²) in [6.07, 6.45) is 0. The van der Waals surface area contributed by atoms with Gasteiger partial charge in [-0.2, -0.15) is 0 Å². The predicted molar refractivity (Wildman–Crippen MR) is 288 cm³/mol. The lowest BCUT2D eigenvalue weighted by Gasteiger charge is -2.11. The average molecular weight is 865 g/mol. The molecule has 2 aromatic heterocycles. The van der Waals surface area contributed by atoms with E-state index in [1.54, 1.807) is 0 Å². The first-order valence-electron chi connectivity index (χ1n) is 23.4. The van der Waals surface area contributed by atoms with Crippen LogP contribution in [0.25, 0.3) is 122 Å². The summed E-state index contributed by atoms with van der Waals surface area (Å²) in [5.74, 6) is 0. The minimum absolute atomic E-state index is 1.14. The Balaban J connectivity index is 0.762. The third kappa shape index (κ3) is 6.90. The lowest BCUT2D eigenvalue weighted by atomic mass is 9.95. The third-order valence-corrected chi connectivity index (χ3v) is 13.8. The normalized spacial score (nSPS) is 11.5. The average Bonchev–Trinajstić information content (AvgIpc) is 3.94. The molecule has 0 radical (unpaired) electrons. The quantitative estimate of drug-likeness (QED) is 0.144. The van der Waals surface area contributed by atoms with Gasteiger partial charge in [0, 0.05) is 32.9 Å². The molecule has 0 atom stereocenters. The van der Waals surface area contributed by atoms with Gasteiger partial charge >= 0.3 is 0 Å². The summed E-state index contributed by atoms with van der Waals surface area (Å²) in [5, 5.41) is 5.01. The highest BCUT2D eigenvalue weighted by atomic mass is 15.0. The molecule has 0 bridgehead atoms. The second-order valence-corrected chi connectivity index (χ2v) is 17.7. The van der Waals surface area contributed by atoms with Crippen molar-refractivity contribution >= 4 is 43.6 Å². The summed E-state index contributed by atoms with van der Waals surface area (Å²) >= 11 is 0. The van der Waals surface area contributed by atoms with Crippen molar-refractivity contribution in [1.82, 2.24) is 9.13 Å². The smallest absolute Gasteiger partial charge is 0.0541 e. The molecule has 11 aromatic carbocycles. The van der Waals surface area contributed by atoms with Crippen LogP contribution in [0.2, 0.25) is 0 Å².